The maximum atomic E-state index is 10.8. The van der Waals surface area contributed by atoms with Crippen LogP contribution in [0.3, 0.4) is 0 Å². The van der Waals surface area contributed by atoms with Gasteiger partial charge in [-0.25, -0.2) is 0 Å². The van der Waals surface area contributed by atoms with Crippen LogP contribution in [-0.4, -0.2) is 11.5 Å². The van der Waals surface area contributed by atoms with E-state index in [-0.39, 0.29) is 10.6 Å². The van der Waals surface area contributed by atoms with Crippen molar-refractivity contribution in [1.82, 2.24) is 0 Å². The third-order valence-electron chi connectivity index (χ3n) is 2.78. The maximum absolute atomic E-state index is 10.8. The van der Waals surface area contributed by atoms with Gasteiger partial charge in [-0.2, -0.15) is 0 Å². The van der Waals surface area contributed by atoms with Gasteiger partial charge in [0, 0.05) is 23.9 Å². The Morgan fingerprint density at radius 3 is 2.71 bits per heavy atom. The van der Waals surface area contributed by atoms with Crippen molar-refractivity contribution in [2.75, 3.05) is 11.9 Å². The lowest BCUT2D eigenvalue weighted by molar-refractivity contribution is -0.385. The van der Waals surface area contributed by atoms with Crippen LogP contribution in [0, 0.1) is 23.0 Å². The molecular weight excluding hydrogens is 216 g/mol. The molecule has 0 saturated heterocycles. The van der Waals surface area contributed by atoms with Gasteiger partial charge in [0.1, 0.15) is 0 Å². The molecule has 1 N–H and O–H groups in total. The predicted molar refractivity (Wildman–Crippen MR) is 70.4 cm³/mol. The summed E-state index contributed by atoms with van der Waals surface area (Å²) < 4.78 is 0. The van der Waals surface area contributed by atoms with Gasteiger partial charge in [-0.3, -0.25) is 10.1 Å². The minimum absolute atomic E-state index is 0.179. The van der Waals surface area contributed by atoms with Gasteiger partial charge in [0.25, 0.3) is 5.69 Å². The maximum Gasteiger partial charge on any atom is 0.274 e. The number of nitro benzene ring substituents is 1. The molecule has 94 valence electrons. The van der Waals surface area contributed by atoms with Crippen molar-refractivity contribution in [2.24, 2.45) is 5.92 Å². The number of benzene rings is 1. The van der Waals surface area contributed by atoms with Crippen molar-refractivity contribution in [3.8, 4) is 0 Å². The summed E-state index contributed by atoms with van der Waals surface area (Å²) in [6.45, 7) is 7.03. The molecule has 0 aromatic heterocycles. The standard InChI is InChI=1S/C13H20N2O2/c1-10(2)6-5-9-14-12-7-4-8-13(11(12)3)15(16)17/h4,7-8,10,14H,5-6,9H2,1-3H3. The first-order chi connectivity index (χ1) is 8.02. The van der Waals surface area contributed by atoms with Crippen molar-refractivity contribution in [2.45, 2.75) is 33.6 Å². The molecule has 0 atom stereocenters. The molecule has 1 aromatic carbocycles. The first-order valence-electron chi connectivity index (χ1n) is 6.00. The van der Waals surface area contributed by atoms with Crippen LogP contribution in [0.5, 0.6) is 0 Å². The van der Waals surface area contributed by atoms with Crippen LogP contribution in [0.4, 0.5) is 11.4 Å². The zero-order valence-electron chi connectivity index (χ0n) is 10.7. The number of hydrogen-bond acceptors (Lipinski definition) is 3. The Morgan fingerprint density at radius 2 is 2.12 bits per heavy atom. The summed E-state index contributed by atoms with van der Waals surface area (Å²) in [7, 11) is 0. The lowest BCUT2D eigenvalue weighted by Crippen LogP contribution is -2.05. The molecule has 1 aromatic rings. The predicted octanol–water partition coefficient (Wildman–Crippen LogP) is 3.75. The van der Waals surface area contributed by atoms with Gasteiger partial charge in [0.2, 0.25) is 0 Å². The molecule has 0 aliphatic carbocycles. The lowest BCUT2D eigenvalue weighted by atomic mass is 10.1. The molecule has 0 heterocycles. The molecule has 0 unspecified atom stereocenters. The SMILES string of the molecule is Cc1c(NCCCC(C)C)cccc1[N+](=O)[O-]. The highest BCUT2D eigenvalue weighted by Gasteiger charge is 2.12. The summed E-state index contributed by atoms with van der Waals surface area (Å²) in [6.07, 6.45) is 2.25. The zero-order valence-corrected chi connectivity index (χ0v) is 10.7. The third kappa shape index (κ3) is 4.06. The molecule has 4 heteroatoms. The average molecular weight is 236 g/mol. The van der Waals surface area contributed by atoms with Gasteiger partial charge in [0.15, 0.2) is 0 Å². The van der Waals surface area contributed by atoms with Gasteiger partial charge >= 0.3 is 0 Å². The highest BCUT2D eigenvalue weighted by Crippen LogP contribution is 2.24. The highest BCUT2D eigenvalue weighted by atomic mass is 16.6. The molecule has 0 bridgehead atoms. The Kier molecular flexibility index (Phi) is 4.94. The van der Waals surface area contributed by atoms with E-state index in [1.54, 1.807) is 13.0 Å². The van der Waals surface area contributed by atoms with Gasteiger partial charge in [-0.05, 0) is 31.7 Å². The van der Waals surface area contributed by atoms with Crippen molar-refractivity contribution in [3.05, 3.63) is 33.9 Å². The smallest absolute Gasteiger partial charge is 0.274 e. The second-order valence-corrected chi connectivity index (χ2v) is 4.67. The molecule has 0 aliphatic heterocycles. The van der Waals surface area contributed by atoms with Crippen LogP contribution >= 0.6 is 0 Å². The van der Waals surface area contributed by atoms with E-state index in [1.165, 1.54) is 12.5 Å². The quantitative estimate of drug-likeness (QED) is 0.465. The van der Waals surface area contributed by atoms with Crippen LogP contribution in [0.2, 0.25) is 0 Å². The van der Waals surface area contributed by atoms with Crippen LogP contribution in [0.25, 0.3) is 0 Å². The Morgan fingerprint density at radius 1 is 1.41 bits per heavy atom. The summed E-state index contributed by atoms with van der Waals surface area (Å²) in [5.74, 6) is 0.697. The number of nitro groups is 1. The fraction of sp³-hybridized carbons (Fsp3) is 0.538. The molecular formula is C13H20N2O2. The van der Waals surface area contributed by atoms with E-state index < -0.39 is 0 Å². The Bertz CT molecular complexity index is 389. The fourth-order valence-corrected chi connectivity index (χ4v) is 1.75. The number of nitrogens with zero attached hydrogens (tertiary/aromatic N) is 1. The minimum atomic E-state index is -0.339. The van der Waals surface area contributed by atoms with Gasteiger partial charge < -0.3 is 5.32 Å². The average Bonchev–Trinajstić information content (AvgIpc) is 2.25. The molecule has 1 rings (SSSR count). The van der Waals surface area contributed by atoms with E-state index in [0.717, 1.165) is 18.7 Å². The summed E-state index contributed by atoms with van der Waals surface area (Å²) in [5.41, 5.74) is 1.75. The van der Waals surface area contributed by atoms with Gasteiger partial charge in [0.05, 0.1) is 4.92 Å². The Hall–Kier alpha value is -1.58. The van der Waals surface area contributed by atoms with Gasteiger partial charge in [-0.1, -0.05) is 19.9 Å². The lowest BCUT2D eigenvalue weighted by Gasteiger charge is -2.10. The van der Waals surface area contributed by atoms with Crippen LogP contribution in [0.15, 0.2) is 18.2 Å². The van der Waals surface area contributed by atoms with Crippen molar-refractivity contribution < 1.29 is 4.92 Å². The number of hydrogen-bond donors (Lipinski definition) is 1. The molecule has 17 heavy (non-hydrogen) atoms. The first-order valence-corrected chi connectivity index (χ1v) is 6.00. The Balaban J connectivity index is 2.59. The summed E-state index contributed by atoms with van der Waals surface area (Å²) in [4.78, 5) is 10.4. The molecule has 4 nitrogen and oxygen atoms in total. The first kappa shape index (κ1) is 13.5. The third-order valence-corrected chi connectivity index (χ3v) is 2.78. The van der Waals surface area contributed by atoms with Crippen molar-refractivity contribution in [1.29, 1.82) is 0 Å². The van der Waals surface area contributed by atoms with E-state index in [9.17, 15) is 10.1 Å². The van der Waals surface area contributed by atoms with Gasteiger partial charge in [-0.15, -0.1) is 0 Å². The van der Waals surface area contributed by atoms with E-state index in [1.807, 2.05) is 6.07 Å². The summed E-state index contributed by atoms with van der Waals surface area (Å²) >= 11 is 0. The van der Waals surface area contributed by atoms with Crippen molar-refractivity contribution in [3.63, 3.8) is 0 Å². The molecule has 0 amide bonds. The normalized spacial score (nSPS) is 10.6. The molecule has 0 fully saturated rings. The second kappa shape index (κ2) is 6.23. The summed E-state index contributed by atoms with van der Waals surface area (Å²) in [5, 5.41) is 14.0. The summed E-state index contributed by atoms with van der Waals surface area (Å²) in [6, 6.07) is 5.14. The van der Waals surface area contributed by atoms with Crippen LogP contribution in [-0.2, 0) is 0 Å². The van der Waals surface area contributed by atoms with E-state index in [2.05, 4.69) is 19.2 Å². The van der Waals surface area contributed by atoms with E-state index in [0.29, 0.717) is 11.5 Å². The van der Waals surface area contributed by atoms with Crippen molar-refractivity contribution >= 4 is 11.4 Å². The zero-order chi connectivity index (χ0) is 12.8. The number of anilines is 1. The topological polar surface area (TPSA) is 55.2 Å². The minimum Gasteiger partial charge on any atom is -0.385 e. The van der Waals surface area contributed by atoms with E-state index in [4.69, 9.17) is 0 Å². The number of nitrogens with one attached hydrogen (secondary N) is 1. The molecule has 0 saturated carbocycles. The van der Waals surface area contributed by atoms with E-state index >= 15 is 0 Å². The molecule has 0 aliphatic rings. The monoisotopic (exact) mass is 236 g/mol. The number of rotatable bonds is 6. The van der Waals surface area contributed by atoms with Crippen LogP contribution in [0.1, 0.15) is 32.3 Å². The molecule has 0 radical (unpaired) electrons. The Labute approximate surface area is 102 Å². The molecule has 0 spiro atoms. The second-order valence-electron chi connectivity index (χ2n) is 4.67. The fourth-order valence-electron chi connectivity index (χ4n) is 1.75. The largest absolute Gasteiger partial charge is 0.385 e. The highest BCUT2D eigenvalue weighted by molar-refractivity contribution is 5.59. The van der Waals surface area contributed by atoms with Crippen LogP contribution < -0.4 is 5.32 Å².